The van der Waals surface area contributed by atoms with Gasteiger partial charge in [0.15, 0.2) is 0 Å². The molecule has 4 nitrogen and oxygen atoms in total. The molecule has 4 heteroatoms. The van der Waals surface area contributed by atoms with E-state index in [1.165, 1.54) is 0 Å². The monoisotopic (exact) mass is 251 g/mol. The van der Waals surface area contributed by atoms with Crippen molar-refractivity contribution in [1.82, 2.24) is 15.5 Å². The number of rotatable bonds is 5. The first kappa shape index (κ1) is 15.0. The Kier molecular flexibility index (Phi) is 5.64. The van der Waals surface area contributed by atoms with E-state index in [1.54, 1.807) is 0 Å². The standard InChI is InChI=1S/C14H25N3O/c1-5-14(6-2,7-3)16-13(18)11-17-9-8-15-12(4)10-17/h1,12,15H,6-11H2,2-4H3,(H,16,18). The molecule has 1 unspecified atom stereocenters. The van der Waals surface area contributed by atoms with Gasteiger partial charge in [0.05, 0.1) is 6.54 Å². The molecule has 1 rings (SSSR count). The van der Waals surface area contributed by atoms with E-state index in [9.17, 15) is 4.79 Å². The first-order valence-corrected chi connectivity index (χ1v) is 6.79. The van der Waals surface area contributed by atoms with Crippen molar-refractivity contribution in [1.29, 1.82) is 0 Å². The zero-order chi connectivity index (χ0) is 13.6. The molecule has 1 aliphatic rings. The first-order chi connectivity index (χ1) is 8.55. The van der Waals surface area contributed by atoms with Gasteiger partial charge in [-0.15, -0.1) is 6.42 Å². The smallest absolute Gasteiger partial charge is 0.235 e. The number of hydrogen-bond acceptors (Lipinski definition) is 3. The average molecular weight is 251 g/mol. The molecule has 18 heavy (non-hydrogen) atoms. The van der Waals surface area contributed by atoms with E-state index >= 15 is 0 Å². The maximum atomic E-state index is 12.0. The van der Waals surface area contributed by atoms with Crippen LogP contribution in [-0.2, 0) is 4.79 Å². The predicted octanol–water partition coefficient (Wildman–Crippen LogP) is 0.588. The topological polar surface area (TPSA) is 44.4 Å². The second kappa shape index (κ2) is 6.77. The Hall–Kier alpha value is -1.05. The molecule has 102 valence electrons. The summed E-state index contributed by atoms with van der Waals surface area (Å²) >= 11 is 0. The maximum Gasteiger partial charge on any atom is 0.235 e. The molecule has 1 aliphatic heterocycles. The van der Waals surface area contributed by atoms with Crippen LogP contribution < -0.4 is 10.6 Å². The lowest BCUT2D eigenvalue weighted by molar-refractivity contribution is -0.123. The number of nitrogens with one attached hydrogen (secondary N) is 2. The summed E-state index contributed by atoms with van der Waals surface area (Å²) < 4.78 is 0. The third kappa shape index (κ3) is 4.01. The van der Waals surface area contributed by atoms with Crippen molar-refractivity contribution in [3.8, 4) is 12.3 Å². The fourth-order valence-corrected chi connectivity index (χ4v) is 2.33. The van der Waals surface area contributed by atoms with Gasteiger partial charge in [-0.25, -0.2) is 0 Å². The fraction of sp³-hybridized carbons (Fsp3) is 0.786. The molecule has 1 atom stereocenters. The summed E-state index contributed by atoms with van der Waals surface area (Å²) in [6.45, 7) is 9.36. The van der Waals surface area contributed by atoms with Gasteiger partial charge in [0.1, 0.15) is 5.54 Å². The lowest BCUT2D eigenvalue weighted by Gasteiger charge is -2.33. The molecular formula is C14H25N3O. The van der Waals surface area contributed by atoms with Crippen LogP contribution in [0.3, 0.4) is 0 Å². The molecule has 0 aromatic rings. The van der Waals surface area contributed by atoms with E-state index < -0.39 is 5.54 Å². The number of carbonyl (C=O) groups excluding carboxylic acids is 1. The number of hydrogen-bond donors (Lipinski definition) is 2. The normalized spacial score (nSPS) is 21.3. The Morgan fingerprint density at radius 1 is 1.56 bits per heavy atom. The lowest BCUT2D eigenvalue weighted by Crippen LogP contribution is -2.54. The van der Waals surface area contributed by atoms with Gasteiger partial charge in [0.25, 0.3) is 0 Å². The molecule has 0 aromatic carbocycles. The van der Waals surface area contributed by atoms with Crippen molar-refractivity contribution in [2.75, 3.05) is 26.2 Å². The fourth-order valence-electron chi connectivity index (χ4n) is 2.33. The highest BCUT2D eigenvalue weighted by Crippen LogP contribution is 2.13. The van der Waals surface area contributed by atoms with Gasteiger partial charge in [0, 0.05) is 25.7 Å². The third-order valence-electron chi connectivity index (χ3n) is 3.68. The summed E-state index contributed by atoms with van der Waals surface area (Å²) in [6, 6.07) is 0.446. The number of amides is 1. The first-order valence-electron chi connectivity index (χ1n) is 6.79. The zero-order valence-corrected chi connectivity index (χ0v) is 11.8. The summed E-state index contributed by atoms with van der Waals surface area (Å²) in [5, 5.41) is 6.37. The largest absolute Gasteiger partial charge is 0.339 e. The van der Waals surface area contributed by atoms with Crippen LogP contribution in [0.15, 0.2) is 0 Å². The van der Waals surface area contributed by atoms with Crippen molar-refractivity contribution in [2.24, 2.45) is 0 Å². The molecule has 0 spiro atoms. The minimum atomic E-state index is -0.475. The van der Waals surface area contributed by atoms with Crippen LogP contribution in [-0.4, -0.2) is 48.6 Å². The minimum absolute atomic E-state index is 0.0331. The van der Waals surface area contributed by atoms with E-state index in [4.69, 9.17) is 6.42 Å². The molecule has 0 aromatic heterocycles. The van der Waals surface area contributed by atoms with Crippen molar-refractivity contribution in [3.63, 3.8) is 0 Å². The van der Waals surface area contributed by atoms with Gasteiger partial charge in [-0.3, -0.25) is 9.69 Å². The molecule has 1 saturated heterocycles. The highest BCUT2D eigenvalue weighted by Gasteiger charge is 2.26. The number of terminal acetylenes is 1. The molecule has 0 saturated carbocycles. The Morgan fingerprint density at radius 2 is 2.22 bits per heavy atom. The summed E-state index contributed by atoms with van der Waals surface area (Å²) in [5.74, 6) is 2.76. The zero-order valence-electron chi connectivity index (χ0n) is 11.8. The van der Waals surface area contributed by atoms with Crippen LogP contribution in [0.4, 0.5) is 0 Å². The van der Waals surface area contributed by atoms with Crippen LogP contribution in [0, 0.1) is 12.3 Å². The second-order valence-electron chi connectivity index (χ2n) is 5.07. The van der Waals surface area contributed by atoms with E-state index in [0.717, 1.165) is 32.5 Å². The number of piperazine rings is 1. The van der Waals surface area contributed by atoms with Crippen LogP contribution in [0.5, 0.6) is 0 Å². The number of carbonyl (C=O) groups is 1. The van der Waals surface area contributed by atoms with Crippen molar-refractivity contribution < 1.29 is 4.79 Å². The van der Waals surface area contributed by atoms with Crippen molar-refractivity contribution in [3.05, 3.63) is 0 Å². The molecule has 0 bridgehead atoms. The molecule has 2 N–H and O–H groups in total. The third-order valence-corrected chi connectivity index (χ3v) is 3.68. The van der Waals surface area contributed by atoms with Gasteiger partial charge in [-0.2, -0.15) is 0 Å². The van der Waals surface area contributed by atoms with E-state index in [2.05, 4.69) is 28.4 Å². The SMILES string of the molecule is C#CC(CC)(CC)NC(=O)CN1CCNC(C)C1. The van der Waals surface area contributed by atoms with Crippen LogP contribution in [0.2, 0.25) is 0 Å². The van der Waals surface area contributed by atoms with Crippen LogP contribution >= 0.6 is 0 Å². The van der Waals surface area contributed by atoms with Gasteiger partial charge >= 0.3 is 0 Å². The van der Waals surface area contributed by atoms with E-state index in [-0.39, 0.29) is 5.91 Å². The van der Waals surface area contributed by atoms with Gasteiger partial charge < -0.3 is 10.6 Å². The highest BCUT2D eigenvalue weighted by molar-refractivity contribution is 5.79. The predicted molar refractivity (Wildman–Crippen MR) is 74.2 cm³/mol. The average Bonchev–Trinajstić information content (AvgIpc) is 2.36. The minimum Gasteiger partial charge on any atom is -0.339 e. The highest BCUT2D eigenvalue weighted by atomic mass is 16.2. The summed E-state index contributed by atoms with van der Waals surface area (Å²) in [6.07, 6.45) is 7.08. The lowest BCUT2D eigenvalue weighted by atomic mass is 9.94. The molecule has 0 aliphatic carbocycles. The summed E-state index contributed by atoms with van der Waals surface area (Å²) in [5.41, 5.74) is -0.475. The van der Waals surface area contributed by atoms with Gasteiger partial charge in [-0.05, 0) is 19.8 Å². The molecule has 1 heterocycles. The van der Waals surface area contributed by atoms with E-state index in [1.807, 2.05) is 13.8 Å². The Labute approximate surface area is 110 Å². The van der Waals surface area contributed by atoms with Gasteiger partial charge in [-0.1, -0.05) is 19.8 Å². The second-order valence-corrected chi connectivity index (χ2v) is 5.07. The van der Waals surface area contributed by atoms with Gasteiger partial charge in [0.2, 0.25) is 5.91 Å². The van der Waals surface area contributed by atoms with E-state index in [0.29, 0.717) is 12.6 Å². The number of nitrogens with zero attached hydrogens (tertiary/aromatic N) is 1. The molecule has 1 amide bonds. The quantitative estimate of drug-likeness (QED) is 0.703. The molecule has 0 radical (unpaired) electrons. The summed E-state index contributed by atoms with van der Waals surface area (Å²) in [7, 11) is 0. The Morgan fingerprint density at radius 3 is 2.72 bits per heavy atom. The van der Waals surface area contributed by atoms with Crippen LogP contribution in [0.1, 0.15) is 33.6 Å². The summed E-state index contributed by atoms with van der Waals surface area (Å²) in [4.78, 5) is 14.2. The molecular weight excluding hydrogens is 226 g/mol. The molecule has 1 fully saturated rings. The van der Waals surface area contributed by atoms with Crippen molar-refractivity contribution in [2.45, 2.75) is 45.2 Å². The maximum absolute atomic E-state index is 12.0. The Bertz CT molecular complexity index is 317. The van der Waals surface area contributed by atoms with Crippen LogP contribution in [0.25, 0.3) is 0 Å². The van der Waals surface area contributed by atoms with Crippen molar-refractivity contribution >= 4 is 5.91 Å². The Balaban J connectivity index is 2.48.